The first kappa shape index (κ1) is 9.01. The minimum atomic E-state index is -0.391. The van der Waals surface area contributed by atoms with E-state index in [4.69, 9.17) is 0 Å². The molecule has 0 aliphatic rings. The lowest BCUT2D eigenvalue weighted by atomic mass is 10.0. The molecule has 0 amide bonds. The molecule has 1 aromatic carbocycles. The zero-order valence-corrected chi connectivity index (χ0v) is 7.49. The number of aliphatic hydroxyl groups excluding tert-OH is 1. The maximum absolute atomic E-state index is 9.40. The second kappa shape index (κ2) is 4.07. The summed E-state index contributed by atoms with van der Waals surface area (Å²) in [6.07, 6.45) is 1.55. The van der Waals surface area contributed by atoms with E-state index in [1.54, 1.807) is 6.92 Å². The zero-order valence-electron chi connectivity index (χ0n) is 7.49. The van der Waals surface area contributed by atoms with Crippen LogP contribution in [0.4, 0.5) is 0 Å². The highest BCUT2D eigenvalue weighted by Crippen LogP contribution is 2.17. The second-order valence-corrected chi connectivity index (χ2v) is 2.79. The molecule has 1 unspecified atom stereocenters. The Bertz CT molecular complexity index is 260. The Hall–Kier alpha value is -1.08. The van der Waals surface area contributed by atoms with Gasteiger partial charge in [0.2, 0.25) is 0 Å². The van der Waals surface area contributed by atoms with Crippen molar-refractivity contribution in [2.45, 2.75) is 20.0 Å². The van der Waals surface area contributed by atoms with Gasteiger partial charge in [-0.25, -0.2) is 0 Å². The molecule has 0 aliphatic carbocycles. The summed E-state index contributed by atoms with van der Waals surface area (Å²) in [7, 11) is 0. The van der Waals surface area contributed by atoms with E-state index in [0.717, 1.165) is 11.1 Å². The van der Waals surface area contributed by atoms with E-state index in [0.29, 0.717) is 0 Å². The average Bonchev–Trinajstić information content (AvgIpc) is 2.07. The molecule has 64 valence electrons. The van der Waals surface area contributed by atoms with E-state index >= 15 is 0 Å². The van der Waals surface area contributed by atoms with Crippen LogP contribution in [-0.2, 0) is 0 Å². The summed E-state index contributed by atoms with van der Waals surface area (Å²) in [5.74, 6) is 0. The highest BCUT2D eigenvalue weighted by Gasteiger charge is 2.04. The SMILES string of the molecule is CC=C(c1ccccc1)C(C)O. The number of hydrogen-bond acceptors (Lipinski definition) is 1. The molecule has 0 heterocycles. The van der Waals surface area contributed by atoms with E-state index in [1.807, 2.05) is 43.3 Å². The summed E-state index contributed by atoms with van der Waals surface area (Å²) in [4.78, 5) is 0. The molecule has 1 N–H and O–H groups in total. The van der Waals surface area contributed by atoms with Crippen molar-refractivity contribution in [3.63, 3.8) is 0 Å². The molecule has 0 radical (unpaired) electrons. The van der Waals surface area contributed by atoms with E-state index in [-0.39, 0.29) is 0 Å². The highest BCUT2D eigenvalue weighted by molar-refractivity contribution is 5.67. The first-order valence-corrected chi connectivity index (χ1v) is 4.15. The summed E-state index contributed by atoms with van der Waals surface area (Å²) < 4.78 is 0. The van der Waals surface area contributed by atoms with Gasteiger partial charge in [0, 0.05) is 0 Å². The third kappa shape index (κ3) is 1.95. The fraction of sp³-hybridized carbons (Fsp3) is 0.273. The number of aliphatic hydroxyl groups is 1. The van der Waals surface area contributed by atoms with Gasteiger partial charge in [-0.3, -0.25) is 0 Å². The number of allylic oxidation sites excluding steroid dienone is 1. The fourth-order valence-corrected chi connectivity index (χ4v) is 1.28. The van der Waals surface area contributed by atoms with Crippen molar-refractivity contribution >= 4 is 5.57 Å². The maximum atomic E-state index is 9.40. The van der Waals surface area contributed by atoms with Gasteiger partial charge in [0.05, 0.1) is 6.10 Å². The summed E-state index contributed by atoms with van der Waals surface area (Å²) >= 11 is 0. The quantitative estimate of drug-likeness (QED) is 0.708. The lowest BCUT2D eigenvalue weighted by Gasteiger charge is -2.09. The average molecular weight is 162 g/mol. The predicted molar refractivity (Wildman–Crippen MR) is 51.8 cm³/mol. The topological polar surface area (TPSA) is 20.2 Å². The third-order valence-corrected chi connectivity index (χ3v) is 1.87. The Morgan fingerprint density at radius 2 is 1.92 bits per heavy atom. The number of benzene rings is 1. The molecule has 0 fully saturated rings. The molecule has 0 aliphatic heterocycles. The van der Waals surface area contributed by atoms with E-state index in [1.165, 1.54) is 0 Å². The Morgan fingerprint density at radius 3 is 2.33 bits per heavy atom. The predicted octanol–water partition coefficient (Wildman–Crippen LogP) is 2.47. The van der Waals surface area contributed by atoms with Crippen molar-refractivity contribution < 1.29 is 5.11 Å². The Balaban J connectivity index is 2.97. The fourth-order valence-electron chi connectivity index (χ4n) is 1.28. The van der Waals surface area contributed by atoms with Crippen molar-refractivity contribution in [1.82, 2.24) is 0 Å². The van der Waals surface area contributed by atoms with Gasteiger partial charge in [-0.1, -0.05) is 36.4 Å². The van der Waals surface area contributed by atoms with Crippen LogP contribution >= 0.6 is 0 Å². The van der Waals surface area contributed by atoms with Crippen molar-refractivity contribution in [2.75, 3.05) is 0 Å². The second-order valence-electron chi connectivity index (χ2n) is 2.79. The van der Waals surface area contributed by atoms with Crippen LogP contribution < -0.4 is 0 Å². The lowest BCUT2D eigenvalue weighted by molar-refractivity contribution is 0.253. The van der Waals surface area contributed by atoms with Gasteiger partial charge in [0.1, 0.15) is 0 Å². The van der Waals surface area contributed by atoms with Crippen LogP contribution in [0.5, 0.6) is 0 Å². The Morgan fingerprint density at radius 1 is 1.33 bits per heavy atom. The normalized spacial score (nSPS) is 14.4. The molecule has 0 spiro atoms. The van der Waals surface area contributed by atoms with Crippen LogP contribution in [0, 0.1) is 0 Å². The molecule has 1 heteroatoms. The molecular formula is C11H14O. The summed E-state index contributed by atoms with van der Waals surface area (Å²) in [6, 6.07) is 9.92. The van der Waals surface area contributed by atoms with Crippen molar-refractivity contribution in [2.24, 2.45) is 0 Å². The van der Waals surface area contributed by atoms with E-state index in [2.05, 4.69) is 0 Å². The van der Waals surface area contributed by atoms with Crippen molar-refractivity contribution in [1.29, 1.82) is 0 Å². The van der Waals surface area contributed by atoms with Crippen LogP contribution in [0.15, 0.2) is 36.4 Å². The highest BCUT2D eigenvalue weighted by atomic mass is 16.3. The van der Waals surface area contributed by atoms with Gasteiger partial charge in [-0.2, -0.15) is 0 Å². The van der Waals surface area contributed by atoms with E-state index < -0.39 is 6.10 Å². The number of hydrogen-bond donors (Lipinski definition) is 1. The summed E-state index contributed by atoms with van der Waals surface area (Å²) in [5, 5.41) is 9.40. The van der Waals surface area contributed by atoms with Crippen LogP contribution in [0.25, 0.3) is 5.57 Å². The maximum Gasteiger partial charge on any atom is 0.0764 e. The Kier molecular flexibility index (Phi) is 3.06. The Labute approximate surface area is 73.4 Å². The van der Waals surface area contributed by atoms with Crippen molar-refractivity contribution in [3.8, 4) is 0 Å². The number of rotatable bonds is 2. The monoisotopic (exact) mass is 162 g/mol. The van der Waals surface area contributed by atoms with Gasteiger partial charge in [-0.15, -0.1) is 0 Å². The summed E-state index contributed by atoms with van der Waals surface area (Å²) in [6.45, 7) is 3.72. The molecule has 1 nitrogen and oxygen atoms in total. The zero-order chi connectivity index (χ0) is 8.97. The summed E-state index contributed by atoms with van der Waals surface area (Å²) in [5.41, 5.74) is 2.07. The molecule has 1 aromatic rings. The van der Waals surface area contributed by atoms with E-state index in [9.17, 15) is 5.11 Å². The molecule has 0 aromatic heterocycles. The smallest absolute Gasteiger partial charge is 0.0764 e. The molecule has 0 saturated carbocycles. The van der Waals surface area contributed by atoms with Crippen LogP contribution in [0.2, 0.25) is 0 Å². The molecule has 1 rings (SSSR count). The van der Waals surface area contributed by atoms with Gasteiger partial charge in [-0.05, 0) is 25.0 Å². The van der Waals surface area contributed by atoms with Gasteiger partial charge in [0.25, 0.3) is 0 Å². The third-order valence-electron chi connectivity index (χ3n) is 1.87. The molecule has 0 bridgehead atoms. The molecular weight excluding hydrogens is 148 g/mol. The minimum absolute atomic E-state index is 0.391. The van der Waals surface area contributed by atoms with Gasteiger partial charge < -0.3 is 5.11 Å². The van der Waals surface area contributed by atoms with Crippen LogP contribution in [0.3, 0.4) is 0 Å². The first-order valence-electron chi connectivity index (χ1n) is 4.15. The standard InChI is InChI=1S/C11H14O/c1-3-11(9(2)12)10-7-5-4-6-8-10/h3-9,12H,1-2H3. The van der Waals surface area contributed by atoms with Crippen LogP contribution in [0.1, 0.15) is 19.4 Å². The minimum Gasteiger partial charge on any atom is -0.389 e. The van der Waals surface area contributed by atoms with Crippen molar-refractivity contribution in [3.05, 3.63) is 42.0 Å². The molecule has 12 heavy (non-hydrogen) atoms. The first-order chi connectivity index (χ1) is 5.75. The lowest BCUT2D eigenvalue weighted by Crippen LogP contribution is -2.02. The van der Waals surface area contributed by atoms with Gasteiger partial charge >= 0.3 is 0 Å². The largest absolute Gasteiger partial charge is 0.389 e. The molecule has 1 atom stereocenters. The van der Waals surface area contributed by atoms with Crippen LogP contribution in [-0.4, -0.2) is 11.2 Å². The van der Waals surface area contributed by atoms with Gasteiger partial charge in [0.15, 0.2) is 0 Å². The molecule has 0 saturated heterocycles.